The topological polar surface area (TPSA) is 99.6 Å². The highest BCUT2D eigenvalue weighted by Crippen LogP contribution is 2.40. The van der Waals surface area contributed by atoms with Gasteiger partial charge in [0.1, 0.15) is 0 Å². The molecule has 1 saturated carbocycles. The fraction of sp³-hybridized carbons (Fsp3) is 0.625. The van der Waals surface area contributed by atoms with Gasteiger partial charge in [0, 0.05) is 23.4 Å². The van der Waals surface area contributed by atoms with Crippen molar-refractivity contribution in [3.05, 3.63) is 24.0 Å². The van der Waals surface area contributed by atoms with Crippen LogP contribution in [-0.4, -0.2) is 35.4 Å². The maximum absolute atomic E-state index is 11.4. The second kappa shape index (κ2) is 6.68. The molecule has 0 aromatic carbocycles. The summed E-state index contributed by atoms with van der Waals surface area (Å²) >= 11 is 0. The van der Waals surface area contributed by atoms with Gasteiger partial charge in [-0.05, 0) is 32.3 Å². The number of hydrogen-bond acceptors (Lipinski definition) is 5. The second-order valence-corrected chi connectivity index (χ2v) is 8.56. The van der Waals surface area contributed by atoms with Crippen molar-refractivity contribution in [1.29, 1.82) is 0 Å². The first-order valence-electron chi connectivity index (χ1n) is 8.31. The third-order valence-corrected chi connectivity index (χ3v) is 5.65. The van der Waals surface area contributed by atoms with Crippen LogP contribution in [0.5, 0.6) is 5.88 Å². The van der Waals surface area contributed by atoms with E-state index in [1.807, 2.05) is 13.0 Å². The first-order chi connectivity index (χ1) is 11.4. The van der Waals surface area contributed by atoms with Gasteiger partial charge in [0.25, 0.3) is 0 Å². The minimum absolute atomic E-state index is 0.00330. The van der Waals surface area contributed by atoms with Crippen molar-refractivity contribution in [3.8, 4) is 5.88 Å². The molecule has 132 valence electrons. The van der Waals surface area contributed by atoms with Gasteiger partial charge in [-0.15, -0.1) is 5.10 Å². The fourth-order valence-electron chi connectivity index (χ4n) is 3.42. The van der Waals surface area contributed by atoms with Gasteiger partial charge in [-0.2, -0.15) is 0 Å². The maximum Gasteiger partial charge on any atom is 0.234 e. The van der Waals surface area contributed by atoms with Crippen molar-refractivity contribution in [2.24, 2.45) is 10.6 Å². The molecule has 7 nitrogen and oxygen atoms in total. The van der Waals surface area contributed by atoms with E-state index >= 15 is 0 Å². The summed E-state index contributed by atoms with van der Waals surface area (Å²) in [5.74, 6) is 0.574. The number of nitrogens with two attached hydrogens (primary N) is 1. The molecule has 24 heavy (non-hydrogen) atoms. The van der Waals surface area contributed by atoms with Crippen molar-refractivity contribution in [1.82, 2.24) is 14.6 Å². The Balaban J connectivity index is 1.75. The Bertz CT molecular complexity index is 810. The summed E-state index contributed by atoms with van der Waals surface area (Å²) in [4.78, 5) is 4.21. The van der Waals surface area contributed by atoms with E-state index < -0.39 is 10.0 Å². The number of sulfonamides is 1. The SMILES string of the molecule is Cc1cc2nccn2nc1OCC1(CCS(N)(=O)=O)CCCCC1. The summed E-state index contributed by atoms with van der Waals surface area (Å²) < 4.78 is 30.5. The number of rotatable bonds is 6. The zero-order valence-corrected chi connectivity index (χ0v) is 14.8. The highest BCUT2D eigenvalue weighted by atomic mass is 32.2. The summed E-state index contributed by atoms with van der Waals surface area (Å²) in [6, 6.07) is 1.93. The molecule has 0 aliphatic heterocycles. The standard InChI is InChI=1S/C16H24N4O3S/c1-13-11-14-18-8-9-20(14)19-15(13)23-12-16(5-3-2-4-6-16)7-10-24(17,21)22/h8-9,11H,2-7,10,12H2,1H3,(H2,17,21,22). The molecular weight excluding hydrogens is 328 g/mol. The van der Waals surface area contributed by atoms with Gasteiger partial charge < -0.3 is 4.74 Å². The third kappa shape index (κ3) is 4.05. The molecule has 0 spiro atoms. The van der Waals surface area contributed by atoms with Crippen LogP contribution in [0.4, 0.5) is 0 Å². The van der Waals surface area contributed by atoms with E-state index in [4.69, 9.17) is 9.88 Å². The van der Waals surface area contributed by atoms with E-state index in [0.29, 0.717) is 18.9 Å². The maximum atomic E-state index is 11.4. The van der Waals surface area contributed by atoms with Gasteiger partial charge in [-0.3, -0.25) is 0 Å². The Morgan fingerprint density at radius 2 is 2.08 bits per heavy atom. The molecule has 1 aliphatic carbocycles. The number of ether oxygens (including phenoxy) is 1. The molecule has 0 unspecified atom stereocenters. The van der Waals surface area contributed by atoms with Crippen LogP contribution < -0.4 is 9.88 Å². The average molecular weight is 352 g/mol. The minimum Gasteiger partial charge on any atom is -0.476 e. The van der Waals surface area contributed by atoms with E-state index in [9.17, 15) is 8.42 Å². The molecule has 1 fully saturated rings. The molecule has 0 amide bonds. The van der Waals surface area contributed by atoms with Crippen LogP contribution >= 0.6 is 0 Å². The van der Waals surface area contributed by atoms with Gasteiger partial charge in [-0.1, -0.05) is 19.3 Å². The molecule has 0 radical (unpaired) electrons. The van der Waals surface area contributed by atoms with Crippen molar-refractivity contribution < 1.29 is 13.2 Å². The number of fused-ring (bicyclic) bond motifs is 1. The normalized spacial score (nSPS) is 17.9. The Kier molecular flexibility index (Phi) is 4.78. The summed E-state index contributed by atoms with van der Waals surface area (Å²) in [6.45, 7) is 2.41. The summed E-state index contributed by atoms with van der Waals surface area (Å²) in [7, 11) is -3.46. The number of primary sulfonamides is 1. The van der Waals surface area contributed by atoms with Crippen LogP contribution in [-0.2, 0) is 10.0 Å². The van der Waals surface area contributed by atoms with Crippen molar-refractivity contribution in [3.63, 3.8) is 0 Å². The van der Waals surface area contributed by atoms with Gasteiger partial charge in [0.05, 0.1) is 12.4 Å². The molecule has 2 N–H and O–H groups in total. The molecule has 2 heterocycles. The Hall–Kier alpha value is -1.67. The van der Waals surface area contributed by atoms with E-state index in [-0.39, 0.29) is 11.2 Å². The van der Waals surface area contributed by atoms with Crippen LogP contribution in [0.25, 0.3) is 5.65 Å². The molecular formula is C16H24N4O3S. The third-order valence-electron chi connectivity index (χ3n) is 4.88. The molecule has 8 heteroatoms. The molecule has 0 bridgehead atoms. The minimum atomic E-state index is -3.46. The first kappa shape index (κ1) is 17.2. The van der Waals surface area contributed by atoms with Crippen molar-refractivity contribution in [2.45, 2.75) is 45.4 Å². The van der Waals surface area contributed by atoms with Gasteiger partial charge in [0.2, 0.25) is 15.9 Å². The molecule has 2 aromatic rings. The predicted octanol–water partition coefficient (Wildman–Crippen LogP) is 2.05. The predicted molar refractivity (Wildman–Crippen MR) is 91.3 cm³/mol. The molecule has 0 atom stereocenters. The molecule has 1 aliphatic rings. The van der Waals surface area contributed by atoms with Crippen molar-refractivity contribution >= 4 is 15.7 Å². The number of imidazole rings is 1. The zero-order valence-electron chi connectivity index (χ0n) is 13.9. The summed E-state index contributed by atoms with van der Waals surface area (Å²) in [5.41, 5.74) is 1.57. The van der Waals surface area contributed by atoms with Crippen molar-refractivity contribution in [2.75, 3.05) is 12.4 Å². The fourth-order valence-corrected chi connectivity index (χ4v) is 4.14. The van der Waals surface area contributed by atoms with Crippen LogP contribution in [0.1, 0.15) is 44.1 Å². The van der Waals surface area contributed by atoms with E-state index in [1.54, 1.807) is 16.9 Å². The van der Waals surface area contributed by atoms with E-state index in [2.05, 4.69) is 10.1 Å². The highest BCUT2D eigenvalue weighted by Gasteiger charge is 2.34. The Morgan fingerprint density at radius 3 is 2.79 bits per heavy atom. The van der Waals surface area contributed by atoms with Gasteiger partial charge in [0.15, 0.2) is 5.65 Å². The lowest BCUT2D eigenvalue weighted by molar-refractivity contribution is 0.0891. The largest absolute Gasteiger partial charge is 0.476 e. The zero-order chi connectivity index (χ0) is 17.2. The Morgan fingerprint density at radius 1 is 1.33 bits per heavy atom. The quantitative estimate of drug-likeness (QED) is 0.857. The monoisotopic (exact) mass is 352 g/mol. The van der Waals surface area contributed by atoms with Gasteiger partial charge in [-0.25, -0.2) is 23.1 Å². The highest BCUT2D eigenvalue weighted by molar-refractivity contribution is 7.89. The lowest BCUT2D eigenvalue weighted by Gasteiger charge is -2.36. The molecule has 0 saturated heterocycles. The second-order valence-electron chi connectivity index (χ2n) is 6.83. The van der Waals surface area contributed by atoms with E-state index in [0.717, 1.165) is 36.9 Å². The summed E-state index contributed by atoms with van der Waals surface area (Å²) in [6.07, 6.45) is 9.33. The Labute approximate surface area is 142 Å². The summed E-state index contributed by atoms with van der Waals surface area (Å²) in [5, 5.41) is 9.65. The van der Waals surface area contributed by atoms with Gasteiger partial charge >= 0.3 is 0 Å². The van der Waals surface area contributed by atoms with Crippen LogP contribution in [0.3, 0.4) is 0 Å². The first-order valence-corrected chi connectivity index (χ1v) is 10.0. The van der Waals surface area contributed by atoms with Crippen LogP contribution in [0, 0.1) is 12.3 Å². The number of nitrogens with zero attached hydrogens (tertiary/aromatic N) is 3. The number of aryl methyl sites for hydroxylation is 1. The average Bonchev–Trinajstić information content (AvgIpc) is 2.98. The van der Waals surface area contributed by atoms with Crippen LogP contribution in [0.15, 0.2) is 18.5 Å². The number of aromatic nitrogens is 3. The lowest BCUT2D eigenvalue weighted by Crippen LogP contribution is -2.34. The molecule has 2 aromatic heterocycles. The lowest BCUT2D eigenvalue weighted by atomic mass is 9.73. The van der Waals surface area contributed by atoms with Crippen LogP contribution in [0.2, 0.25) is 0 Å². The van der Waals surface area contributed by atoms with E-state index in [1.165, 1.54) is 6.42 Å². The molecule has 3 rings (SSSR count). The number of hydrogen-bond donors (Lipinski definition) is 1. The smallest absolute Gasteiger partial charge is 0.234 e.